The molecular formula is C16H21NO3. The normalized spacial score (nSPS) is 12.3. The first kappa shape index (κ1) is 16.0. The van der Waals surface area contributed by atoms with E-state index in [1.165, 1.54) is 6.92 Å². The van der Waals surface area contributed by atoms with Crippen molar-refractivity contribution in [3.8, 4) is 0 Å². The first-order chi connectivity index (χ1) is 9.54. The lowest BCUT2D eigenvalue weighted by atomic mass is 10.1. The summed E-state index contributed by atoms with van der Waals surface area (Å²) in [5.74, 6) is -1.42. The number of hydrogen-bond acceptors (Lipinski definition) is 2. The van der Waals surface area contributed by atoms with Crippen molar-refractivity contribution in [3.05, 3.63) is 41.5 Å². The Bertz CT molecular complexity index is 494. The molecule has 108 valence electrons. The molecule has 4 nitrogen and oxygen atoms in total. The van der Waals surface area contributed by atoms with Crippen molar-refractivity contribution in [1.82, 2.24) is 5.32 Å². The highest BCUT2D eigenvalue weighted by molar-refractivity contribution is 5.96. The number of hydrogen-bond donors (Lipinski definition) is 2. The van der Waals surface area contributed by atoms with Crippen LogP contribution in [0.1, 0.15) is 49.0 Å². The maximum atomic E-state index is 11.9. The Morgan fingerprint density at radius 2 is 2.15 bits per heavy atom. The highest BCUT2D eigenvalue weighted by Crippen LogP contribution is 2.09. The lowest BCUT2D eigenvalue weighted by Gasteiger charge is -2.09. The molecule has 0 spiro atoms. The van der Waals surface area contributed by atoms with E-state index in [1.54, 1.807) is 18.2 Å². The molecule has 0 heterocycles. The topological polar surface area (TPSA) is 66.4 Å². The molecule has 1 aromatic rings. The molecule has 2 N–H and O–H groups in total. The van der Waals surface area contributed by atoms with Crippen LogP contribution in [0.25, 0.3) is 6.08 Å². The Hall–Kier alpha value is -2.10. The minimum Gasteiger partial charge on any atom is -0.480 e. The van der Waals surface area contributed by atoms with E-state index in [9.17, 15) is 9.59 Å². The summed E-state index contributed by atoms with van der Waals surface area (Å²) in [4.78, 5) is 22.6. The highest BCUT2D eigenvalue weighted by Gasteiger charge is 2.14. The van der Waals surface area contributed by atoms with Crippen LogP contribution in [0.2, 0.25) is 0 Å². The summed E-state index contributed by atoms with van der Waals surface area (Å²) in [5, 5.41) is 11.2. The van der Waals surface area contributed by atoms with Crippen molar-refractivity contribution in [3.63, 3.8) is 0 Å². The van der Waals surface area contributed by atoms with Gasteiger partial charge in [0.05, 0.1) is 0 Å². The van der Waals surface area contributed by atoms with E-state index >= 15 is 0 Å². The van der Waals surface area contributed by atoms with Crippen LogP contribution in [-0.4, -0.2) is 23.0 Å². The summed E-state index contributed by atoms with van der Waals surface area (Å²) >= 11 is 0. The molecule has 1 rings (SSSR count). The third kappa shape index (κ3) is 5.26. The summed E-state index contributed by atoms with van der Waals surface area (Å²) in [6, 6.07) is 6.24. The molecule has 0 aliphatic carbocycles. The van der Waals surface area contributed by atoms with Gasteiger partial charge in [0, 0.05) is 5.56 Å². The third-order valence-electron chi connectivity index (χ3n) is 2.90. The van der Waals surface area contributed by atoms with Crippen molar-refractivity contribution in [2.24, 2.45) is 0 Å². The maximum absolute atomic E-state index is 11.9. The van der Waals surface area contributed by atoms with E-state index in [1.807, 2.05) is 12.1 Å². The highest BCUT2D eigenvalue weighted by atomic mass is 16.4. The predicted octanol–water partition coefficient (Wildman–Crippen LogP) is 3.09. The van der Waals surface area contributed by atoms with Gasteiger partial charge >= 0.3 is 5.97 Å². The van der Waals surface area contributed by atoms with Gasteiger partial charge < -0.3 is 10.4 Å². The Morgan fingerprint density at radius 1 is 1.40 bits per heavy atom. The number of allylic oxidation sites excluding steroid dienone is 1. The molecule has 1 amide bonds. The minimum atomic E-state index is -1.05. The Labute approximate surface area is 119 Å². The van der Waals surface area contributed by atoms with E-state index in [2.05, 4.69) is 18.3 Å². The van der Waals surface area contributed by atoms with E-state index in [0.29, 0.717) is 5.56 Å². The average molecular weight is 275 g/mol. The van der Waals surface area contributed by atoms with Crippen molar-refractivity contribution < 1.29 is 14.7 Å². The Morgan fingerprint density at radius 3 is 2.80 bits per heavy atom. The Kier molecular flexibility index (Phi) is 6.50. The zero-order valence-corrected chi connectivity index (χ0v) is 11.9. The molecule has 0 aromatic heterocycles. The predicted molar refractivity (Wildman–Crippen MR) is 79.6 cm³/mol. The fourth-order valence-corrected chi connectivity index (χ4v) is 1.67. The van der Waals surface area contributed by atoms with Gasteiger partial charge in [-0.15, -0.1) is 0 Å². The molecule has 4 heteroatoms. The van der Waals surface area contributed by atoms with Gasteiger partial charge in [-0.1, -0.05) is 44.1 Å². The van der Waals surface area contributed by atoms with Gasteiger partial charge in [0.2, 0.25) is 0 Å². The van der Waals surface area contributed by atoms with Gasteiger partial charge in [-0.3, -0.25) is 9.59 Å². The van der Waals surface area contributed by atoms with Crippen LogP contribution in [-0.2, 0) is 4.79 Å². The molecular weight excluding hydrogens is 254 g/mol. The molecule has 1 aromatic carbocycles. The smallest absolute Gasteiger partial charge is 0.325 e. The van der Waals surface area contributed by atoms with Crippen LogP contribution < -0.4 is 5.32 Å². The van der Waals surface area contributed by atoms with Gasteiger partial charge in [0.1, 0.15) is 6.04 Å². The van der Waals surface area contributed by atoms with Gasteiger partial charge in [0.15, 0.2) is 0 Å². The van der Waals surface area contributed by atoms with E-state index in [4.69, 9.17) is 5.11 Å². The zero-order valence-electron chi connectivity index (χ0n) is 11.9. The monoisotopic (exact) mass is 275 g/mol. The van der Waals surface area contributed by atoms with Gasteiger partial charge in [-0.2, -0.15) is 0 Å². The second-order valence-electron chi connectivity index (χ2n) is 4.70. The number of aliphatic carboxylic acids is 1. The van der Waals surface area contributed by atoms with Crippen LogP contribution in [0.15, 0.2) is 30.3 Å². The number of benzene rings is 1. The quantitative estimate of drug-likeness (QED) is 0.751. The molecule has 0 bridgehead atoms. The minimum absolute atomic E-state index is 0.372. The average Bonchev–Trinajstić information content (AvgIpc) is 2.43. The number of carboxylic acid groups (broad SMARTS) is 1. The summed E-state index contributed by atoms with van der Waals surface area (Å²) in [5.41, 5.74) is 1.41. The number of carbonyl (C=O) groups excluding carboxylic acids is 1. The van der Waals surface area contributed by atoms with E-state index in [-0.39, 0.29) is 5.91 Å². The maximum Gasteiger partial charge on any atom is 0.325 e. The zero-order chi connectivity index (χ0) is 15.0. The first-order valence-electron chi connectivity index (χ1n) is 6.85. The number of rotatable bonds is 7. The molecule has 1 atom stereocenters. The first-order valence-corrected chi connectivity index (χ1v) is 6.85. The van der Waals surface area contributed by atoms with Crippen LogP contribution in [0.3, 0.4) is 0 Å². The molecule has 0 aliphatic rings. The lowest BCUT2D eigenvalue weighted by Crippen LogP contribution is -2.38. The summed E-state index contributed by atoms with van der Waals surface area (Å²) in [6.07, 6.45) is 7.38. The van der Waals surface area contributed by atoms with Crippen LogP contribution >= 0.6 is 0 Å². The van der Waals surface area contributed by atoms with Crippen LogP contribution in [0.4, 0.5) is 0 Å². The molecule has 20 heavy (non-hydrogen) atoms. The Balaban J connectivity index is 2.69. The fourth-order valence-electron chi connectivity index (χ4n) is 1.67. The standard InChI is InChI=1S/C16H21NO3/c1-3-4-5-6-8-13-9-7-10-14(11-13)15(18)17-12(2)16(19)20/h6-12H,3-5H2,1-2H3,(H,17,18)(H,19,20)/b8-6-. The largest absolute Gasteiger partial charge is 0.480 e. The summed E-state index contributed by atoms with van der Waals surface area (Å²) in [6.45, 7) is 3.58. The number of amides is 1. The SMILES string of the molecule is CCCC/C=C\c1cccc(C(=O)NC(C)C(=O)O)c1. The van der Waals surface area contributed by atoms with Gasteiger partial charge in [0.25, 0.3) is 5.91 Å². The molecule has 0 aliphatic heterocycles. The number of carboxylic acids is 1. The van der Waals surface area contributed by atoms with E-state index < -0.39 is 12.0 Å². The van der Waals surface area contributed by atoms with Crippen molar-refractivity contribution >= 4 is 18.0 Å². The lowest BCUT2D eigenvalue weighted by molar-refractivity contribution is -0.138. The van der Waals surface area contributed by atoms with E-state index in [0.717, 1.165) is 24.8 Å². The molecule has 0 saturated carbocycles. The van der Waals surface area contributed by atoms with Gasteiger partial charge in [-0.25, -0.2) is 0 Å². The number of nitrogens with one attached hydrogen (secondary N) is 1. The number of carbonyl (C=O) groups is 2. The molecule has 0 radical (unpaired) electrons. The van der Waals surface area contributed by atoms with Crippen molar-refractivity contribution in [2.75, 3.05) is 0 Å². The van der Waals surface area contributed by atoms with Gasteiger partial charge in [-0.05, 0) is 31.0 Å². The third-order valence-corrected chi connectivity index (χ3v) is 2.90. The molecule has 0 saturated heterocycles. The molecule has 1 unspecified atom stereocenters. The summed E-state index contributed by atoms with van der Waals surface area (Å²) in [7, 11) is 0. The molecule has 0 fully saturated rings. The second-order valence-corrected chi connectivity index (χ2v) is 4.70. The number of unbranched alkanes of at least 4 members (excludes halogenated alkanes) is 2. The second kappa shape index (κ2) is 8.15. The van der Waals surface area contributed by atoms with Crippen LogP contribution in [0, 0.1) is 0 Å². The van der Waals surface area contributed by atoms with Crippen molar-refractivity contribution in [2.45, 2.75) is 39.2 Å². The van der Waals surface area contributed by atoms with Crippen molar-refractivity contribution in [1.29, 1.82) is 0 Å². The van der Waals surface area contributed by atoms with Crippen LogP contribution in [0.5, 0.6) is 0 Å². The summed E-state index contributed by atoms with van der Waals surface area (Å²) < 4.78 is 0. The fraction of sp³-hybridized carbons (Fsp3) is 0.375.